The maximum atomic E-state index is 5.37. The van der Waals surface area contributed by atoms with Crippen molar-refractivity contribution in [1.29, 1.82) is 0 Å². The summed E-state index contributed by atoms with van der Waals surface area (Å²) >= 11 is 0. The number of unbranched alkanes of at least 4 members (excludes halogenated alkanes) is 2. The van der Waals surface area contributed by atoms with Gasteiger partial charge in [-0.2, -0.15) is 0 Å². The monoisotopic (exact) mass is 394 g/mol. The lowest BCUT2D eigenvalue weighted by Gasteiger charge is -2.23. The van der Waals surface area contributed by atoms with Crippen LogP contribution in [0.15, 0.2) is 24.7 Å². The summed E-state index contributed by atoms with van der Waals surface area (Å²) in [5.41, 5.74) is 0. The average molecular weight is 395 g/mol. The maximum Gasteiger partial charge on any atom is 0.500 e. The SMILES string of the molecule is CO[Si](CCCC=COC=CCCC[Si](OC)(OC)OC)(OC)OC. The summed E-state index contributed by atoms with van der Waals surface area (Å²) < 4.78 is 37.6. The van der Waals surface area contributed by atoms with Crippen molar-refractivity contribution in [1.82, 2.24) is 0 Å². The Labute approximate surface area is 154 Å². The van der Waals surface area contributed by atoms with E-state index in [1.165, 1.54) is 0 Å². The second-order valence-corrected chi connectivity index (χ2v) is 11.4. The molecular formula is C16H34O7Si2. The van der Waals surface area contributed by atoms with E-state index in [4.69, 9.17) is 31.3 Å². The fourth-order valence-corrected chi connectivity index (χ4v) is 5.78. The van der Waals surface area contributed by atoms with Gasteiger partial charge in [0.25, 0.3) is 0 Å². The summed E-state index contributed by atoms with van der Waals surface area (Å²) in [6, 6.07) is 1.56. The van der Waals surface area contributed by atoms with Crippen LogP contribution in [0.5, 0.6) is 0 Å². The number of allylic oxidation sites excluding steroid dienone is 2. The van der Waals surface area contributed by atoms with E-state index in [-0.39, 0.29) is 0 Å². The molecule has 7 nitrogen and oxygen atoms in total. The third-order valence-corrected chi connectivity index (χ3v) is 9.59. The molecular weight excluding hydrogens is 360 g/mol. The van der Waals surface area contributed by atoms with E-state index in [1.54, 1.807) is 55.2 Å². The Hall–Kier alpha value is -0.526. The smallest absolute Gasteiger partial charge is 0.473 e. The van der Waals surface area contributed by atoms with Gasteiger partial charge in [0.2, 0.25) is 0 Å². The van der Waals surface area contributed by atoms with Gasteiger partial charge in [-0.25, -0.2) is 0 Å². The summed E-state index contributed by atoms with van der Waals surface area (Å²) in [5.74, 6) is 0. The first-order valence-corrected chi connectivity index (χ1v) is 12.2. The summed E-state index contributed by atoms with van der Waals surface area (Å²) in [5, 5.41) is 0. The van der Waals surface area contributed by atoms with E-state index in [0.29, 0.717) is 0 Å². The van der Waals surface area contributed by atoms with Crippen LogP contribution in [0, 0.1) is 0 Å². The third kappa shape index (κ3) is 9.66. The molecule has 0 unspecified atom stereocenters. The van der Waals surface area contributed by atoms with Gasteiger partial charge in [0.15, 0.2) is 0 Å². The maximum absolute atomic E-state index is 5.37. The highest BCUT2D eigenvalue weighted by Gasteiger charge is 2.37. The first-order valence-electron chi connectivity index (χ1n) is 8.34. The van der Waals surface area contributed by atoms with Crippen molar-refractivity contribution >= 4 is 17.6 Å². The molecule has 0 aromatic heterocycles. The largest absolute Gasteiger partial charge is 0.500 e. The predicted octanol–water partition coefficient (Wildman–Crippen LogP) is 3.35. The Morgan fingerprint density at radius 2 is 0.880 bits per heavy atom. The van der Waals surface area contributed by atoms with Crippen LogP contribution in [0.25, 0.3) is 0 Å². The van der Waals surface area contributed by atoms with Gasteiger partial charge in [-0.1, -0.05) is 0 Å². The molecule has 0 radical (unpaired) electrons. The van der Waals surface area contributed by atoms with Gasteiger partial charge in [0, 0.05) is 54.7 Å². The quantitative estimate of drug-likeness (QED) is 0.226. The van der Waals surface area contributed by atoms with Crippen molar-refractivity contribution in [2.75, 3.05) is 42.7 Å². The van der Waals surface area contributed by atoms with Crippen LogP contribution in [0.3, 0.4) is 0 Å². The van der Waals surface area contributed by atoms with Gasteiger partial charge in [0.1, 0.15) is 0 Å². The molecule has 0 aliphatic carbocycles. The Bertz CT molecular complexity index is 319. The lowest BCUT2D eigenvalue weighted by Crippen LogP contribution is -2.42. The van der Waals surface area contributed by atoms with Crippen molar-refractivity contribution in [2.45, 2.75) is 37.8 Å². The average Bonchev–Trinajstić information content (AvgIpc) is 2.67. The Morgan fingerprint density at radius 1 is 0.560 bits per heavy atom. The minimum Gasteiger partial charge on any atom is -0.473 e. The normalized spacial score (nSPS) is 13.2. The fraction of sp³-hybridized carbons (Fsp3) is 0.750. The highest BCUT2D eigenvalue weighted by atomic mass is 28.4. The third-order valence-electron chi connectivity index (χ3n) is 3.92. The molecule has 0 aromatic carbocycles. The van der Waals surface area contributed by atoms with E-state index in [1.807, 2.05) is 12.2 Å². The number of ether oxygens (including phenoxy) is 1. The van der Waals surface area contributed by atoms with Crippen LogP contribution in [0.2, 0.25) is 12.1 Å². The van der Waals surface area contributed by atoms with Crippen LogP contribution in [0.4, 0.5) is 0 Å². The zero-order chi connectivity index (χ0) is 19.0. The molecule has 0 saturated carbocycles. The van der Waals surface area contributed by atoms with Crippen molar-refractivity contribution in [3.63, 3.8) is 0 Å². The number of hydrogen-bond donors (Lipinski definition) is 0. The molecule has 0 aromatic rings. The predicted molar refractivity (Wildman–Crippen MR) is 101 cm³/mol. The van der Waals surface area contributed by atoms with Crippen molar-refractivity contribution in [3.8, 4) is 0 Å². The standard InChI is InChI=1S/C16H34O7Si2/c1-17-24(18-2,19-3)15-11-7-9-13-23-14-10-8-12-16-25(20-4,21-5)22-6/h9-10,13-14H,7-8,11-12,15-16H2,1-6H3. The van der Waals surface area contributed by atoms with Gasteiger partial charge in [0.05, 0.1) is 12.5 Å². The minimum absolute atomic E-state index is 0.779. The van der Waals surface area contributed by atoms with Crippen molar-refractivity contribution < 1.29 is 31.3 Å². The van der Waals surface area contributed by atoms with Gasteiger partial charge >= 0.3 is 17.6 Å². The molecule has 0 heterocycles. The number of hydrogen-bond acceptors (Lipinski definition) is 7. The molecule has 0 aliphatic rings. The lowest BCUT2D eigenvalue weighted by atomic mass is 10.3. The molecule has 0 aliphatic heterocycles. The molecule has 0 rings (SSSR count). The molecule has 0 bridgehead atoms. The van der Waals surface area contributed by atoms with Gasteiger partial charge in [-0.15, -0.1) is 0 Å². The van der Waals surface area contributed by atoms with E-state index in [2.05, 4.69) is 0 Å². The fourth-order valence-electron chi connectivity index (χ4n) is 2.28. The summed E-state index contributed by atoms with van der Waals surface area (Å²) in [6.07, 6.45) is 10.9. The second-order valence-electron chi connectivity index (χ2n) is 5.25. The van der Waals surface area contributed by atoms with Crippen LogP contribution in [-0.2, 0) is 31.3 Å². The molecule has 148 valence electrons. The zero-order valence-electron chi connectivity index (χ0n) is 16.4. The van der Waals surface area contributed by atoms with Gasteiger partial charge in [-0.3, -0.25) is 0 Å². The summed E-state index contributed by atoms with van der Waals surface area (Å²) in [4.78, 5) is 0. The van der Waals surface area contributed by atoms with E-state index >= 15 is 0 Å². The molecule has 0 N–H and O–H groups in total. The highest BCUT2D eigenvalue weighted by Crippen LogP contribution is 2.17. The molecule has 0 amide bonds. The van der Waals surface area contributed by atoms with Crippen LogP contribution in [0.1, 0.15) is 25.7 Å². The number of rotatable bonds is 16. The van der Waals surface area contributed by atoms with E-state index in [9.17, 15) is 0 Å². The van der Waals surface area contributed by atoms with Crippen LogP contribution >= 0.6 is 0 Å². The molecule has 0 fully saturated rings. The van der Waals surface area contributed by atoms with Gasteiger partial charge in [-0.05, 0) is 37.8 Å². The lowest BCUT2D eigenvalue weighted by molar-refractivity contribution is 0.122. The van der Waals surface area contributed by atoms with Crippen molar-refractivity contribution in [2.24, 2.45) is 0 Å². The van der Waals surface area contributed by atoms with Crippen molar-refractivity contribution in [3.05, 3.63) is 24.7 Å². The Kier molecular flexibility index (Phi) is 14.3. The van der Waals surface area contributed by atoms with Crippen LogP contribution < -0.4 is 0 Å². The summed E-state index contributed by atoms with van der Waals surface area (Å²) in [6.45, 7) is 0. The van der Waals surface area contributed by atoms with Gasteiger partial charge < -0.3 is 31.3 Å². The molecule has 0 spiro atoms. The van der Waals surface area contributed by atoms with Crippen LogP contribution in [-0.4, -0.2) is 60.3 Å². The Morgan fingerprint density at radius 3 is 1.16 bits per heavy atom. The summed E-state index contributed by atoms with van der Waals surface area (Å²) in [7, 11) is 4.86. The zero-order valence-corrected chi connectivity index (χ0v) is 18.4. The molecule has 0 atom stereocenters. The minimum atomic E-state index is -2.45. The highest BCUT2D eigenvalue weighted by molar-refractivity contribution is 6.60. The molecule has 0 saturated heterocycles. The topological polar surface area (TPSA) is 64.6 Å². The first-order chi connectivity index (χ1) is 12.1. The molecule has 25 heavy (non-hydrogen) atoms. The van der Waals surface area contributed by atoms with E-state index in [0.717, 1.165) is 37.8 Å². The Balaban J connectivity index is 3.83. The first kappa shape index (κ1) is 24.5. The van der Waals surface area contributed by atoms with E-state index < -0.39 is 17.6 Å². The second kappa shape index (κ2) is 14.6. The molecule has 9 heteroatoms.